The molecule has 2 fully saturated rings. The van der Waals surface area contributed by atoms with E-state index in [0.717, 1.165) is 15.7 Å². The van der Waals surface area contributed by atoms with Crippen molar-refractivity contribution in [1.82, 2.24) is 0 Å². The van der Waals surface area contributed by atoms with Crippen LogP contribution in [0.4, 0.5) is 11.4 Å². The van der Waals surface area contributed by atoms with Gasteiger partial charge in [0.1, 0.15) is 6.04 Å². The van der Waals surface area contributed by atoms with E-state index >= 15 is 0 Å². The molecule has 0 radical (unpaired) electrons. The molecular formula is C27H18BrClN2O3. The Hall–Kier alpha value is -3.22. The number of hydrogen-bond donors (Lipinski definition) is 0. The number of fused-ring (bicyclic) bond motifs is 5. The third-order valence-corrected chi connectivity index (χ3v) is 7.64. The van der Waals surface area contributed by atoms with E-state index in [0.29, 0.717) is 16.3 Å². The van der Waals surface area contributed by atoms with Crippen LogP contribution in [-0.4, -0.2) is 29.7 Å². The highest BCUT2D eigenvalue weighted by Crippen LogP contribution is 2.50. The number of imide groups is 1. The maximum atomic E-state index is 13.9. The van der Waals surface area contributed by atoms with Gasteiger partial charge in [0.2, 0.25) is 11.8 Å². The Labute approximate surface area is 209 Å². The Morgan fingerprint density at radius 2 is 1.59 bits per heavy atom. The highest BCUT2D eigenvalue weighted by molar-refractivity contribution is 9.10. The molecule has 0 aliphatic carbocycles. The number of hydrogen-bond acceptors (Lipinski definition) is 4. The Morgan fingerprint density at radius 3 is 2.32 bits per heavy atom. The van der Waals surface area contributed by atoms with E-state index in [1.165, 1.54) is 4.90 Å². The second kappa shape index (κ2) is 7.93. The van der Waals surface area contributed by atoms with Gasteiger partial charge in [-0.2, -0.15) is 0 Å². The summed E-state index contributed by atoms with van der Waals surface area (Å²) in [6.45, 7) is 0. The topological polar surface area (TPSA) is 57.7 Å². The third-order valence-electron chi connectivity index (χ3n) is 6.88. The van der Waals surface area contributed by atoms with Crippen LogP contribution in [0, 0.1) is 11.8 Å². The summed E-state index contributed by atoms with van der Waals surface area (Å²) in [6, 6.07) is 20.2. The number of halogens is 2. The van der Waals surface area contributed by atoms with Gasteiger partial charge in [-0.1, -0.05) is 70.0 Å². The molecule has 3 aliphatic rings. The number of amides is 2. The minimum Gasteiger partial charge on any atom is -0.352 e. The molecule has 3 aromatic rings. The van der Waals surface area contributed by atoms with Crippen molar-refractivity contribution < 1.29 is 14.4 Å². The van der Waals surface area contributed by atoms with Crippen LogP contribution >= 0.6 is 27.5 Å². The first kappa shape index (κ1) is 21.3. The van der Waals surface area contributed by atoms with Gasteiger partial charge in [-0.3, -0.25) is 14.4 Å². The Bertz CT molecular complexity index is 1370. The summed E-state index contributed by atoms with van der Waals surface area (Å²) in [4.78, 5) is 44.6. The van der Waals surface area contributed by atoms with Gasteiger partial charge < -0.3 is 4.90 Å². The highest BCUT2D eigenvalue weighted by atomic mass is 79.9. The van der Waals surface area contributed by atoms with Crippen LogP contribution < -0.4 is 9.80 Å². The zero-order valence-corrected chi connectivity index (χ0v) is 20.1. The maximum Gasteiger partial charge on any atom is 0.240 e. The lowest BCUT2D eigenvalue weighted by atomic mass is 9.86. The SMILES string of the molecule is O=C(c1ccc(Br)cc1)[C@@H]1[C@@H]2C(=O)N(c3ccccc3)C(=O)[C@H]2[C@@H]2C=Cc3cc(Cl)ccc3N12. The number of para-hydroxylation sites is 1. The molecule has 2 saturated heterocycles. The van der Waals surface area contributed by atoms with Crippen molar-refractivity contribution in [2.75, 3.05) is 9.80 Å². The predicted octanol–water partition coefficient (Wildman–Crippen LogP) is 5.38. The van der Waals surface area contributed by atoms with Crippen LogP contribution in [0.15, 0.2) is 83.3 Å². The van der Waals surface area contributed by atoms with Crippen molar-refractivity contribution in [3.63, 3.8) is 0 Å². The number of anilines is 2. The van der Waals surface area contributed by atoms with Crippen LogP contribution in [0.1, 0.15) is 15.9 Å². The molecule has 4 atom stereocenters. The molecule has 6 rings (SSSR count). The Kier molecular flexibility index (Phi) is 4.97. The smallest absolute Gasteiger partial charge is 0.240 e. The summed E-state index contributed by atoms with van der Waals surface area (Å²) in [7, 11) is 0. The molecule has 3 aliphatic heterocycles. The molecule has 0 unspecified atom stereocenters. The van der Waals surface area contributed by atoms with Gasteiger partial charge in [-0.25, -0.2) is 4.90 Å². The largest absolute Gasteiger partial charge is 0.352 e. The van der Waals surface area contributed by atoms with Gasteiger partial charge in [0.15, 0.2) is 5.78 Å². The van der Waals surface area contributed by atoms with Crippen LogP contribution in [0.2, 0.25) is 5.02 Å². The van der Waals surface area contributed by atoms with Crippen LogP contribution in [-0.2, 0) is 9.59 Å². The number of ketones is 1. The van der Waals surface area contributed by atoms with Gasteiger partial charge in [-0.05, 0) is 48.0 Å². The number of benzene rings is 3. The number of carbonyl (C=O) groups excluding carboxylic acids is 3. The van der Waals surface area contributed by atoms with E-state index in [1.54, 1.807) is 54.6 Å². The molecule has 0 bridgehead atoms. The Morgan fingerprint density at radius 1 is 0.882 bits per heavy atom. The standard InChI is InChI=1S/C27H18BrClN2O3/c28-17-9-6-15(7-10-17)25(32)24-23-22(26(33)30(27(23)34)19-4-2-1-3-5-19)21-12-8-16-14-18(29)11-13-20(16)31(21)24/h1-14,21-24H/t21-,22-,23+,24-/m0/s1. The van der Waals surface area contributed by atoms with Gasteiger partial charge in [0.25, 0.3) is 0 Å². The number of nitrogens with zero attached hydrogens (tertiary/aromatic N) is 2. The lowest BCUT2D eigenvalue weighted by Gasteiger charge is -2.36. The quantitative estimate of drug-likeness (QED) is 0.335. The van der Waals surface area contributed by atoms with Crippen molar-refractivity contribution in [3.05, 3.63) is 99.5 Å². The molecular weight excluding hydrogens is 516 g/mol. The average Bonchev–Trinajstić information content (AvgIpc) is 3.32. The third kappa shape index (κ3) is 3.09. The molecule has 0 aromatic heterocycles. The minimum absolute atomic E-state index is 0.183. The van der Waals surface area contributed by atoms with Crippen LogP contribution in [0.25, 0.3) is 6.08 Å². The van der Waals surface area contributed by atoms with Crippen molar-refractivity contribution in [2.45, 2.75) is 12.1 Å². The van der Waals surface area contributed by atoms with Crippen LogP contribution in [0.3, 0.4) is 0 Å². The molecule has 2 amide bonds. The first-order valence-corrected chi connectivity index (χ1v) is 12.1. The number of rotatable bonds is 3. The molecule has 168 valence electrons. The lowest BCUT2D eigenvalue weighted by molar-refractivity contribution is -0.122. The zero-order chi connectivity index (χ0) is 23.6. The first-order valence-electron chi connectivity index (χ1n) is 10.9. The molecule has 7 heteroatoms. The summed E-state index contributed by atoms with van der Waals surface area (Å²) in [5.41, 5.74) is 2.68. The van der Waals surface area contributed by atoms with Gasteiger partial charge >= 0.3 is 0 Å². The summed E-state index contributed by atoms with van der Waals surface area (Å²) in [6.07, 6.45) is 3.85. The number of Topliss-reactive ketones (excluding diaryl/α,β-unsaturated/α-hetero) is 1. The predicted molar refractivity (Wildman–Crippen MR) is 135 cm³/mol. The maximum absolute atomic E-state index is 13.9. The van der Waals surface area contributed by atoms with Crippen LogP contribution in [0.5, 0.6) is 0 Å². The summed E-state index contributed by atoms with van der Waals surface area (Å²) in [5.74, 6) is -2.24. The molecule has 0 saturated carbocycles. The van der Waals surface area contributed by atoms with E-state index in [-0.39, 0.29) is 17.6 Å². The second-order valence-electron chi connectivity index (χ2n) is 8.68. The van der Waals surface area contributed by atoms with E-state index in [4.69, 9.17) is 11.6 Å². The monoisotopic (exact) mass is 532 g/mol. The lowest BCUT2D eigenvalue weighted by Crippen LogP contribution is -2.48. The summed E-state index contributed by atoms with van der Waals surface area (Å²) >= 11 is 9.63. The summed E-state index contributed by atoms with van der Waals surface area (Å²) in [5, 5.41) is 0.583. The van der Waals surface area contributed by atoms with Gasteiger partial charge in [-0.15, -0.1) is 0 Å². The van der Waals surface area contributed by atoms with E-state index in [2.05, 4.69) is 15.9 Å². The molecule has 34 heavy (non-hydrogen) atoms. The highest BCUT2D eigenvalue weighted by Gasteiger charge is 2.64. The van der Waals surface area contributed by atoms with Crippen molar-refractivity contribution in [2.24, 2.45) is 11.8 Å². The first-order chi connectivity index (χ1) is 16.5. The molecule has 3 heterocycles. The van der Waals surface area contributed by atoms with Gasteiger partial charge in [0.05, 0.1) is 23.6 Å². The van der Waals surface area contributed by atoms with Crippen molar-refractivity contribution in [3.8, 4) is 0 Å². The fourth-order valence-electron chi connectivity index (χ4n) is 5.46. The van der Waals surface area contributed by atoms with E-state index in [9.17, 15) is 14.4 Å². The fraction of sp³-hybridized carbons (Fsp3) is 0.148. The minimum atomic E-state index is -0.814. The number of carbonyl (C=O) groups is 3. The normalized spacial score (nSPS) is 24.8. The Balaban J connectivity index is 1.50. The van der Waals surface area contributed by atoms with E-state index in [1.807, 2.05) is 35.3 Å². The van der Waals surface area contributed by atoms with Crippen molar-refractivity contribution in [1.29, 1.82) is 0 Å². The summed E-state index contributed by atoms with van der Waals surface area (Å²) < 4.78 is 0.856. The van der Waals surface area contributed by atoms with Crippen molar-refractivity contribution >= 4 is 62.6 Å². The fourth-order valence-corrected chi connectivity index (χ4v) is 5.91. The van der Waals surface area contributed by atoms with Gasteiger partial charge in [0, 0.05) is 20.7 Å². The molecule has 0 N–H and O–H groups in total. The zero-order valence-electron chi connectivity index (χ0n) is 17.8. The average molecular weight is 534 g/mol. The molecule has 0 spiro atoms. The second-order valence-corrected chi connectivity index (χ2v) is 10.0. The molecule has 3 aromatic carbocycles. The van der Waals surface area contributed by atoms with E-state index < -0.39 is 23.9 Å². The molecule has 5 nitrogen and oxygen atoms in total.